The summed E-state index contributed by atoms with van der Waals surface area (Å²) in [4.78, 5) is 28.5. The Labute approximate surface area is 286 Å². The molecular weight excluding hydrogens is 662 g/mol. The molecule has 3 N–H and O–H groups in total. The summed E-state index contributed by atoms with van der Waals surface area (Å²) in [5, 5.41) is 27.8. The molecule has 1 fully saturated rings. The van der Waals surface area contributed by atoms with E-state index in [9.17, 15) is 18.4 Å². The highest BCUT2D eigenvalue weighted by atomic mass is 35.5. The topological polar surface area (TPSA) is 138 Å². The van der Waals surface area contributed by atoms with E-state index in [-0.39, 0.29) is 29.1 Å². The molecule has 2 aromatic carbocycles. The zero-order chi connectivity index (χ0) is 34.6. The van der Waals surface area contributed by atoms with Gasteiger partial charge >= 0.3 is 12.6 Å². The SMILES string of the molecule is CC(C)(C)CCNC(=N)N(C(=O)c1ccc(-c2cnn(C(F)F)c2)cc1)[C@H](COC(=O)NC1(C)CC1)c1ccc(Cl)c(-c2nncs2)c1. The number of carbonyl (C=O) groups is 2. The molecule has 0 aliphatic heterocycles. The molecule has 5 rings (SSSR count). The third-order valence-electron chi connectivity index (χ3n) is 7.95. The van der Waals surface area contributed by atoms with E-state index in [4.69, 9.17) is 21.7 Å². The Balaban J connectivity index is 1.51. The van der Waals surface area contributed by atoms with Gasteiger partial charge in [0.1, 0.15) is 17.1 Å². The van der Waals surface area contributed by atoms with Crippen molar-refractivity contribution < 1.29 is 23.1 Å². The fraction of sp³-hybridized carbons (Fsp3) is 0.394. The van der Waals surface area contributed by atoms with Crippen LogP contribution in [0.25, 0.3) is 21.7 Å². The number of ether oxygens (including phenoxy) is 1. The number of nitrogens with zero attached hydrogens (tertiary/aromatic N) is 5. The van der Waals surface area contributed by atoms with Gasteiger partial charge in [-0.3, -0.25) is 15.1 Å². The van der Waals surface area contributed by atoms with Gasteiger partial charge in [0, 0.05) is 35.0 Å². The third-order valence-corrected chi connectivity index (χ3v) is 9.00. The molecule has 2 amide bonds. The molecule has 0 bridgehead atoms. The number of hydrogen-bond donors (Lipinski definition) is 3. The van der Waals surface area contributed by atoms with Crippen LogP contribution in [0, 0.1) is 10.8 Å². The van der Waals surface area contributed by atoms with Crippen LogP contribution >= 0.6 is 22.9 Å². The zero-order valence-corrected chi connectivity index (χ0v) is 28.5. The van der Waals surface area contributed by atoms with Crippen LogP contribution in [0.1, 0.15) is 75.5 Å². The van der Waals surface area contributed by atoms with Crippen molar-refractivity contribution in [2.24, 2.45) is 5.41 Å². The lowest BCUT2D eigenvalue weighted by Crippen LogP contribution is -2.49. The highest BCUT2D eigenvalue weighted by Gasteiger charge is 2.40. The first-order valence-corrected chi connectivity index (χ1v) is 16.6. The van der Waals surface area contributed by atoms with Crippen LogP contribution in [0.3, 0.4) is 0 Å². The second-order valence-electron chi connectivity index (χ2n) is 13.1. The number of hydrogen-bond acceptors (Lipinski definition) is 8. The summed E-state index contributed by atoms with van der Waals surface area (Å²) >= 11 is 7.85. The molecule has 2 heterocycles. The predicted octanol–water partition coefficient (Wildman–Crippen LogP) is 7.54. The van der Waals surface area contributed by atoms with Crippen LogP contribution in [0.15, 0.2) is 60.4 Å². The normalized spacial score (nSPS) is 14.3. The standard InChI is InChI=1S/C33H37ClF2N8O3S/c1-32(2,3)13-14-38-30(37)44(28(45)21-7-5-20(6-8-21)23-16-40-43(17-23)29(35)36)26(18-47-31(46)41-33(4)11-12-33)22-9-10-25(34)24(15-22)27-42-39-19-48-27/h5-10,15-17,19,26,29H,11-14,18H2,1-4H3,(H2,37,38)(H,41,46)/t26-/m1/s1. The van der Waals surface area contributed by atoms with Crippen LogP contribution in [0.5, 0.6) is 0 Å². The number of halogens is 3. The number of nitrogens with one attached hydrogen (secondary N) is 3. The fourth-order valence-electron chi connectivity index (χ4n) is 4.85. The first-order valence-electron chi connectivity index (χ1n) is 15.3. The lowest BCUT2D eigenvalue weighted by atomic mass is 9.92. The molecule has 254 valence electrons. The molecule has 0 saturated heterocycles. The molecule has 1 aliphatic rings. The van der Waals surface area contributed by atoms with Crippen molar-refractivity contribution in [1.82, 2.24) is 35.5 Å². The van der Waals surface area contributed by atoms with E-state index in [2.05, 4.69) is 46.7 Å². The molecule has 4 aromatic rings. The summed E-state index contributed by atoms with van der Waals surface area (Å²) in [6.07, 6.45) is 4.29. The molecule has 0 spiro atoms. The van der Waals surface area contributed by atoms with Crippen molar-refractivity contribution in [2.75, 3.05) is 13.2 Å². The maximum Gasteiger partial charge on any atom is 0.407 e. The second kappa shape index (κ2) is 14.4. The molecule has 1 aliphatic carbocycles. The van der Waals surface area contributed by atoms with Crippen molar-refractivity contribution in [1.29, 1.82) is 5.41 Å². The van der Waals surface area contributed by atoms with Crippen molar-refractivity contribution in [2.45, 2.75) is 65.1 Å². The zero-order valence-electron chi connectivity index (χ0n) is 27.0. The van der Waals surface area contributed by atoms with Gasteiger partial charge < -0.3 is 15.4 Å². The smallest absolute Gasteiger partial charge is 0.407 e. The van der Waals surface area contributed by atoms with Crippen LogP contribution in [0.4, 0.5) is 13.6 Å². The molecule has 1 atom stereocenters. The average molecular weight is 699 g/mol. The van der Waals surface area contributed by atoms with Gasteiger partial charge in [0.2, 0.25) is 0 Å². The lowest BCUT2D eigenvalue weighted by molar-refractivity contribution is 0.0566. The van der Waals surface area contributed by atoms with Gasteiger partial charge in [0.05, 0.1) is 17.3 Å². The predicted molar refractivity (Wildman–Crippen MR) is 180 cm³/mol. The van der Waals surface area contributed by atoms with E-state index >= 15 is 0 Å². The summed E-state index contributed by atoms with van der Waals surface area (Å²) in [6.45, 7) is 5.50. The molecule has 11 nitrogen and oxygen atoms in total. The average Bonchev–Trinajstić information content (AvgIpc) is 3.42. The van der Waals surface area contributed by atoms with Gasteiger partial charge in [0.15, 0.2) is 5.96 Å². The van der Waals surface area contributed by atoms with E-state index in [1.807, 2.05) is 6.92 Å². The monoisotopic (exact) mass is 698 g/mol. The minimum absolute atomic E-state index is 0.0393. The largest absolute Gasteiger partial charge is 0.447 e. The van der Waals surface area contributed by atoms with Crippen LogP contribution < -0.4 is 10.6 Å². The first-order chi connectivity index (χ1) is 22.7. The number of amides is 2. The van der Waals surface area contributed by atoms with E-state index in [0.29, 0.717) is 49.9 Å². The minimum atomic E-state index is -2.78. The molecule has 0 radical (unpaired) electrons. The highest BCUT2D eigenvalue weighted by Crippen LogP contribution is 2.36. The van der Waals surface area contributed by atoms with Gasteiger partial charge in [0.25, 0.3) is 5.91 Å². The number of benzene rings is 2. The quantitative estimate of drug-likeness (QED) is 0.109. The molecule has 2 aromatic heterocycles. The number of alkyl carbamates (subject to hydrolysis) is 1. The Morgan fingerprint density at radius 1 is 1.17 bits per heavy atom. The second-order valence-corrected chi connectivity index (χ2v) is 14.3. The number of rotatable bonds is 11. The Bertz CT molecular complexity index is 1750. The van der Waals surface area contributed by atoms with Crippen molar-refractivity contribution in [3.05, 3.63) is 76.5 Å². The van der Waals surface area contributed by atoms with E-state index in [1.165, 1.54) is 28.6 Å². The molecular formula is C33H37ClF2N8O3S. The van der Waals surface area contributed by atoms with E-state index in [0.717, 1.165) is 12.8 Å². The molecule has 48 heavy (non-hydrogen) atoms. The van der Waals surface area contributed by atoms with Crippen molar-refractivity contribution in [3.8, 4) is 21.7 Å². The maximum absolute atomic E-state index is 14.4. The van der Waals surface area contributed by atoms with Crippen LogP contribution in [-0.4, -0.2) is 61.5 Å². The number of aromatic nitrogens is 4. The Kier molecular flexibility index (Phi) is 10.4. The number of guanidine groups is 1. The summed E-state index contributed by atoms with van der Waals surface area (Å²) in [6, 6.07) is 10.5. The van der Waals surface area contributed by atoms with Crippen LogP contribution in [-0.2, 0) is 4.74 Å². The molecule has 1 saturated carbocycles. The van der Waals surface area contributed by atoms with E-state index < -0.39 is 24.6 Å². The van der Waals surface area contributed by atoms with Crippen LogP contribution in [0.2, 0.25) is 5.02 Å². The molecule has 0 unspecified atom stereocenters. The summed E-state index contributed by atoms with van der Waals surface area (Å²) in [5.41, 5.74) is 3.58. The molecule has 15 heteroatoms. The maximum atomic E-state index is 14.4. The van der Waals surface area contributed by atoms with Crippen molar-refractivity contribution in [3.63, 3.8) is 0 Å². The first kappa shape index (κ1) is 34.9. The summed E-state index contributed by atoms with van der Waals surface area (Å²) in [7, 11) is 0. The number of alkyl halides is 2. The highest BCUT2D eigenvalue weighted by molar-refractivity contribution is 7.12. The number of carbonyl (C=O) groups excluding carboxylic acids is 2. The fourth-order valence-corrected chi connectivity index (χ4v) is 5.70. The van der Waals surface area contributed by atoms with Gasteiger partial charge in [-0.15, -0.1) is 10.2 Å². The Hall–Kier alpha value is -4.43. The summed E-state index contributed by atoms with van der Waals surface area (Å²) in [5.74, 6) is -0.740. The van der Waals surface area contributed by atoms with Crippen molar-refractivity contribution >= 4 is 40.9 Å². The lowest BCUT2D eigenvalue weighted by Gasteiger charge is -2.33. The third kappa shape index (κ3) is 8.72. The van der Waals surface area contributed by atoms with Gasteiger partial charge in [-0.1, -0.05) is 61.9 Å². The Morgan fingerprint density at radius 2 is 1.90 bits per heavy atom. The minimum Gasteiger partial charge on any atom is -0.447 e. The van der Waals surface area contributed by atoms with Gasteiger partial charge in [-0.2, -0.15) is 13.9 Å². The Morgan fingerprint density at radius 3 is 2.50 bits per heavy atom. The summed E-state index contributed by atoms with van der Waals surface area (Å²) < 4.78 is 32.5. The van der Waals surface area contributed by atoms with E-state index in [1.54, 1.807) is 48.0 Å². The van der Waals surface area contributed by atoms with Gasteiger partial charge in [-0.05, 0) is 67.0 Å². The van der Waals surface area contributed by atoms with Gasteiger partial charge in [-0.25, -0.2) is 9.48 Å².